The van der Waals surface area contributed by atoms with E-state index in [0.29, 0.717) is 53.1 Å². The molecule has 5 heterocycles. The number of fused-ring (bicyclic) bond motifs is 4. The molecule has 0 N–H and O–H groups in total. The van der Waals surface area contributed by atoms with E-state index < -0.39 is 16.1 Å². The van der Waals surface area contributed by atoms with Crippen LogP contribution < -0.4 is 9.80 Å². The van der Waals surface area contributed by atoms with Crippen LogP contribution in [0.25, 0.3) is 21.8 Å². The summed E-state index contributed by atoms with van der Waals surface area (Å²) >= 11 is 10.3. The lowest BCUT2D eigenvalue weighted by atomic mass is 10.1. The summed E-state index contributed by atoms with van der Waals surface area (Å²) in [7, 11) is -2.15. The molecule has 1 fully saturated rings. The Kier molecular flexibility index (Phi) is 19.6. The summed E-state index contributed by atoms with van der Waals surface area (Å²) in [6, 6.07) is 44.2. The molecule has 398 valence electrons. The van der Waals surface area contributed by atoms with Gasteiger partial charge in [0.15, 0.2) is 0 Å². The van der Waals surface area contributed by atoms with Gasteiger partial charge in [0.05, 0.1) is 44.7 Å². The molecule has 1 saturated heterocycles. The molecule has 3 aliphatic rings. The molecule has 8 aromatic rings. The first-order valence-corrected chi connectivity index (χ1v) is 37.3. The molecule has 0 unspecified atom stereocenters. The standard InChI is InChI=1S/C27H26IN3O3SSi.C16H12BNO2S.C13H18I2N2OSi.CH4/c1-36(2,3)14-13-34-17-30-24-16-20(11-12-23(24)25(28)29-30)35-19-8-6-7-18(15-19)31-26(32)21-9-4-5-10-22(21)27(31)33;19-15-13-6-1-2-7-14(13)16(20)18(15)11-4-3-5-12(10-11)21-17-8-9-17;1-19(2,3)7-6-18-9-17-12-8-10(14)4-5-11(12)13(15)16-17;/h4-12,15-16H,13-14,17H2,1-3H3;1-7,10H,8-9H2;4-5,8H,6-7,9H2,1-3H3;1H4. The van der Waals surface area contributed by atoms with Crippen LogP contribution in [0.5, 0.6) is 0 Å². The second-order valence-electron chi connectivity index (χ2n) is 21.0. The van der Waals surface area contributed by atoms with Gasteiger partial charge >= 0.3 is 0 Å². The van der Waals surface area contributed by atoms with Crippen molar-refractivity contribution in [1.29, 1.82) is 0 Å². The third kappa shape index (κ3) is 14.6. The number of hydrogen-bond donors (Lipinski definition) is 0. The highest BCUT2D eigenvalue weighted by molar-refractivity contribution is 14.1. The molecule has 6 aromatic carbocycles. The van der Waals surface area contributed by atoms with Crippen molar-refractivity contribution >= 4 is 170 Å². The fourth-order valence-electron chi connectivity index (χ4n) is 8.28. The number of benzene rings is 6. The van der Waals surface area contributed by atoms with Crippen LogP contribution in [0.1, 0.15) is 48.9 Å². The van der Waals surface area contributed by atoms with Gasteiger partial charge in [0, 0.05) is 53.5 Å². The smallest absolute Gasteiger partial charge is 0.266 e. The third-order valence-electron chi connectivity index (χ3n) is 12.6. The number of aromatic nitrogens is 4. The predicted molar refractivity (Wildman–Crippen MR) is 346 cm³/mol. The third-order valence-corrected chi connectivity index (χ3v) is 20.6. The summed E-state index contributed by atoms with van der Waals surface area (Å²) in [6.45, 7) is 16.7. The number of imide groups is 2. The van der Waals surface area contributed by atoms with Gasteiger partial charge in [0.25, 0.3) is 23.6 Å². The maximum Gasteiger partial charge on any atom is 0.266 e. The first-order chi connectivity index (χ1) is 36.3. The predicted octanol–water partition coefficient (Wildman–Crippen LogP) is 15.7. The Labute approximate surface area is 502 Å². The molecule has 0 atom stereocenters. The zero-order chi connectivity index (χ0) is 53.9. The molecular weight excluding hydrogens is 1380 g/mol. The number of ether oxygens (including phenoxy) is 2. The number of halogens is 3. The van der Waals surface area contributed by atoms with Crippen LogP contribution in [-0.4, -0.2) is 78.5 Å². The Hall–Kier alpha value is -4.15. The lowest BCUT2D eigenvalue weighted by Gasteiger charge is -2.15. The Morgan fingerprint density at radius 1 is 0.519 bits per heavy atom. The molecule has 11 rings (SSSR count). The van der Waals surface area contributed by atoms with Gasteiger partial charge in [-0.2, -0.15) is 21.8 Å². The Morgan fingerprint density at radius 2 is 0.935 bits per heavy atom. The van der Waals surface area contributed by atoms with E-state index in [1.54, 1.807) is 66.4 Å². The van der Waals surface area contributed by atoms with E-state index in [1.165, 1.54) is 37.4 Å². The number of amides is 4. The number of anilines is 2. The minimum absolute atomic E-state index is 0. The Morgan fingerprint density at radius 3 is 1.39 bits per heavy atom. The maximum atomic E-state index is 12.9. The zero-order valence-electron chi connectivity index (χ0n) is 43.0. The first kappa shape index (κ1) is 59.0. The van der Waals surface area contributed by atoms with E-state index in [2.05, 4.69) is 154 Å². The lowest BCUT2D eigenvalue weighted by molar-refractivity contribution is 0.0813. The van der Waals surface area contributed by atoms with E-state index in [1.807, 2.05) is 63.4 Å². The second-order valence-corrected chi connectivity index (χ2v) is 38.1. The van der Waals surface area contributed by atoms with Crippen molar-refractivity contribution < 1.29 is 28.7 Å². The summed E-state index contributed by atoms with van der Waals surface area (Å²) in [5.41, 5.74) is 5.28. The Balaban J connectivity index is 0.000000163. The highest BCUT2D eigenvalue weighted by atomic mass is 127. The van der Waals surface area contributed by atoms with E-state index in [-0.39, 0.29) is 31.1 Å². The van der Waals surface area contributed by atoms with Crippen molar-refractivity contribution in [3.63, 3.8) is 0 Å². The SMILES string of the molecule is C.C[Si](C)(C)CCOCn1nc(I)c2ccc(I)cc21.C[Si](C)(C)CCOCn1nc(I)c2ccc(Sc3cccc(N4C(=O)c5ccccc5C4=O)c3)cc21.O=C1c2ccccc2C(=O)N1c1cccc(SB2CC2)c1. The number of hydrogen-bond acceptors (Lipinski definition) is 10. The van der Waals surface area contributed by atoms with Crippen LogP contribution in [-0.2, 0) is 22.9 Å². The fourth-order valence-corrected chi connectivity index (χ4v) is 13.7. The van der Waals surface area contributed by atoms with Crippen LogP contribution in [0.3, 0.4) is 0 Å². The van der Waals surface area contributed by atoms with Crippen molar-refractivity contribution in [2.75, 3.05) is 23.0 Å². The minimum Gasteiger partial charge on any atom is -0.360 e. The van der Waals surface area contributed by atoms with Gasteiger partial charge in [-0.05, 0) is 182 Å². The monoisotopic (exact) mass is 1440 g/mol. The average molecular weight is 1440 g/mol. The number of carbonyl (C=O) groups is 4. The number of nitrogens with zero attached hydrogens (tertiary/aromatic N) is 6. The highest BCUT2D eigenvalue weighted by Crippen LogP contribution is 2.40. The van der Waals surface area contributed by atoms with Crippen molar-refractivity contribution in [2.45, 2.75) is 99.6 Å². The molecule has 3 aliphatic heterocycles. The quantitative estimate of drug-likeness (QED) is 0.0399. The molecule has 0 spiro atoms. The van der Waals surface area contributed by atoms with Gasteiger partial charge < -0.3 is 9.47 Å². The first-order valence-electron chi connectivity index (χ1n) is 25.0. The fraction of sp³-hybridized carbons (Fsp3) is 0.263. The van der Waals surface area contributed by atoms with Gasteiger partial charge in [-0.1, -0.05) is 108 Å². The Bertz CT molecular complexity index is 3440. The topological polar surface area (TPSA) is 129 Å². The lowest BCUT2D eigenvalue weighted by Crippen LogP contribution is -2.29. The normalized spacial score (nSPS) is 13.9. The molecule has 77 heavy (non-hydrogen) atoms. The summed E-state index contributed by atoms with van der Waals surface area (Å²) in [5, 5.41) is 11.5. The molecule has 0 saturated carbocycles. The van der Waals surface area contributed by atoms with Gasteiger partial charge in [-0.3, -0.25) is 19.2 Å². The molecule has 2 aromatic heterocycles. The largest absolute Gasteiger partial charge is 0.360 e. The molecule has 0 radical (unpaired) electrons. The molecule has 4 amide bonds. The van der Waals surface area contributed by atoms with Crippen molar-refractivity contribution in [1.82, 2.24) is 19.6 Å². The van der Waals surface area contributed by atoms with Crippen molar-refractivity contribution in [3.05, 3.63) is 167 Å². The van der Waals surface area contributed by atoms with Crippen molar-refractivity contribution in [2.24, 2.45) is 0 Å². The second kappa shape index (κ2) is 25.5. The summed E-state index contributed by atoms with van der Waals surface area (Å²) in [6.07, 6.45) is 2.50. The molecule has 12 nitrogen and oxygen atoms in total. The van der Waals surface area contributed by atoms with Crippen LogP contribution >= 0.6 is 91.1 Å². The van der Waals surface area contributed by atoms with E-state index in [4.69, 9.17) is 9.47 Å². The molecule has 0 aliphatic carbocycles. The van der Waals surface area contributed by atoms with Gasteiger partial charge in [-0.25, -0.2) is 19.2 Å². The number of rotatable bonds is 16. The zero-order valence-corrected chi connectivity index (χ0v) is 53.1. The van der Waals surface area contributed by atoms with E-state index >= 15 is 0 Å². The molecule has 20 heteroatoms. The summed E-state index contributed by atoms with van der Waals surface area (Å²) < 4.78 is 18.8. The highest BCUT2D eigenvalue weighted by Gasteiger charge is 2.38. The van der Waals surface area contributed by atoms with Crippen molar-refractivity contribution in [3.8, 4) is 0 Å². The van der Waals surface area contributed by atoms with Crippen LogP contribution in [0, 0.1) is 11.0 Å². The van der Waals surface area contributed by atoms with Crippen LogP contribution in [0.15, 0.2) is 148 Å². The number of carbonyl (C=O) groups excluding carboxylic acids is 4. The van der Waals surface area contributed by atoms with E-state index in [9.17, 15) is 19.2 Å². The summed E-state index contributed by atoms with van der Waals surface area (Å²) in [5.74, 6) is -0.339. The molecular formula is C57H60BI3N6O6S2Si2. The van der Waals surface area contributed by atoms with Crippen LogP contribution in [0.4, 0.5) is 11.4 Å². The van der Waals surface area contributed by atoms with Gasteiger partial charge in [0.2, 0.25) is 5.99 Å². The van der Waals surface area contributed by atoms with Gasteiger partial charge in [-0.15, -0.1) is 0 Å². The summed E-state index contributed by atoms with van der Waals surface area (Å²) in [4.78, 5) is 56.3. The molecule has 0 bridgehead atoms. The average Bonchev–Trinajstić information content (AvgIpc) is 4.00. The van der Waals surface area contributed by atoms with Crippen LogP contribution in [0.2, 0.25) is 64.0 Å². The van der Waals surface area contributed by atoms with E-state index in [0.717, 1.165) is 57.8 Å². The minimum atomic E-state index is -1.14. The van der Waals surface area contributed by atoms with Gasteiger partial charge in [0.1, 0.15) is 20.9 Å². The maximum absolute atomic E-state index is 12.9.